The summed E-state index contributed by atoms with van der Waals surface area (Å²) < 4.78 is 7.31. The van der Waals surface area contributed by atoms with Gasteiger partial charge in [0.05, 0.1) is 12.8 Å². The summed E-state index contributed by atoms with van der Waals surface area (Å²) in [6, 6.07) is 15.8. The van der Waals surface area contributed by atoms with E-state index in [-0.39, 0.29) is 0 Å². The van der Waals surface area contributed by atoms with Gasteiger partial charge in [-0.25, -0.2) is 0 Å². The molecule has 7 heteroatoms. The number of hydrogen-bond acceptors (Lipinski definition) is 6. The first-order chi connectivity index (χ1) is 13.3. The summed E-state index contributed by atoms with van der Waals surface area (Å²) in [6.45, 7) is 2.89. The van der Waals surface area contributed by atoms with Crippen LogP contribution in [0.3, 0.4) is 0 Å². The highest BCUT2D eigenvalue weighted by Gasteiger charge is 2.08. The van der Waals surface area contributed by atoms with Crippen molar-refractivity contribution in [3.63, 3.8) is 0 Å². The number of aromatic nitrogens is 4. The predicted molar refractivity (Wildman–Crippen MR) is 106 cm³/mol. The molecule has 0 unspecified atom stereocenters. The number of hydrogen-bond donors (Lipinski definition) is 1. The quantitative estimate of drug-likeness (QED) is 0.307. The van der Waals surface area contributed by atoms with Crippen LogP contribution < -0.4 is 10.2 Å². The molecule has 0 amide bonds. The number of nitrogens with one attached hydrogen (secondary N) is 1. The van der Waals surface area contributed by atoms with Crippen molar-refractivity contribution < 1.29 is 4.74 Å². The fourth-order valence-electron chi connectivity index (χ4n) is 2.76. The number of anilines is 1. The Morgan fingerprint density at radius 3 is 2.74 bits per heavy atom. The first-order valence-electron chi connectivity index (χ1n) is 8.96. The molecule has 0 bridgehead atoms. The van der Waals surface area contributed by atoms with Gasteiger partial charge in [0.25, 0.3) is 0 Å². The number of hydrazone groups is 1. The minimum Gasteiger partial charge on any atom is -0.494 e. The van der Waals surface area contributed by atoms with E-state index in [1.54, 1.807) is 17.1 Å². The molecule has 1 N–H and O–H groups in total. The minimum atomic E-state index is 0.647. The zero-order chi connectivity index (χ0) is 18.5. The van der Waals surface area contributed by atoms with Gasteiger partial charge < -0.3 is 4.74 Å². The number of nitrogens with zero attached hydrogens (tertiary/aromatic N) is 5. The van der Waals surface area contributed by atoms with Gasteiger partial charge in [-0.05, 0) is 36.2 Å². The van der Waals surface area contributed by atoms with Gasteiger partial charge in [-0.1, -0.05) is 37.6 Å². The summed E-state index contributed by atoms with van der Waals surface area (Å²) in [5.74, 6) is 1.52. The van der Waals surface area contributed by atoms with Crippen molar-refractivity contribution in [3.8, 4) is 5.75 Å². The van der Waals surface area contributed by atoms with Gasteiger partial charge in [0.15, 0.2) is 11.5 Å². The lowest BCUT2D eigenvalue weighted by Crippen LogP contribution is -2.00. The molecule has 0 saturated heterocycles. The second-order valence-electron chi connectivity index (χ2n) is 6.13. The Balaban J connectivity index is 1.51. The van der Waals surface area contributed by atoms with E-state index in [9.17, 15) is 0 Å². The molecule has 0 aliphatic rings. The third-order valence-electron chi connectivity index (χ3n) is 4.19. The molecule has 136 valence electrons. The number of fused-ring (bicyclic) bond motifs is 3. The lowest BCUT2D eigenvalue weighted by Gasteiger charge is -2.06. The Kier molecular flexibility index (Phi) is 4.91. The Morgan fingerprint density at radius 1 is 1.11 bits per heavy atom. The third-order valence-corrected chi connectivity index (χ3v) is 4.19. The van der Waals surface area contributed by atoms with E-state index in [2.05, 4.69) is 32.7 Å². The molecule has 0 aliphatic heterocycles. The monoisotopic (exact) mass is 360 g/mol. The fourth-order valence-corrected chi connectivity index (χ4v) is 2.76. The van der Waals surface area contributed by atoms with Crippen LogP contribution in [0.15, 0.2) is 60.0 Å². The number of ether oxygens (including phenoxy) is 1. The third kappa shape index (κ3) is 3.72. The average Bonchev–Trinajstić information content (AvgIpc) is 3.18. The molecule has 0 radical (unpaired) electrons. The van der Waals surface area contributed by atoms with Crippen LogP contribution in [0.1, 0.15) is 25.3 Å². The number of unbranched alkanes of at least 4 members (excludes halogenated alkanes) is 1. The Hall–Kier alpha value is -3.48. The van der Waals surface area contributed by atoms with E-state index in [0.717, 1.165) is 47.2 Å². The summed E-state index contributed by atoms with van der Waals surface area (Å²) in [5, 5.41) is 18.8. The smallest absolute Gasteiger partial charge is 0.185 e. The molecule has 0 saturated carbocycles. The van der Waals surface area contributed by atoms with E-state index in [1.807, 2.05) is 48.5 Å². The van der Waals surface area contributed by atoms with Gasteiger partial charge in [-0.2, -0.15) is 9.62 Å². The SMILES string of the molecule is CCCCOc1ccc(C=NNc2nn3cnnc3c3ccccc23)cc1. The second kappa shape index (κ2) is 7.82. The van der Waals surface area contributed by atoms with Crippen molar-refractivity contribution in [2.75, 3.05) is 12.0 Å². The largest absolute Gasteiger partial charge is 0.494 e. The molecule has 0 aliphatic carbocycles. The van der Waals surface area contributed by atoms with Crippen LogP contribution in [0.2, 0.25) is 0 Å². The summed E-state index contributed by atoms with van der Waals surface area (Å²) in [4.78, 5) is 0. The average molecular weight is 360 g/mol. The molecule has 0 spiro atoms. The maximum Gasteiger partial charge on any atom is 0.185 e. The topological polar surface area (TPSA) is 76.7 Å². The zero-order valence-corrected chi connectivity index (χ0v) is 15.0. The molecular formula is C20H20N6O. The molecule has 27 heavy (non-hydrogen) atoms. The Morgan fingerprint density at radius 2 is 1.93 bits per heavy atom. The van der Waals surface area contributed by atoms with Crippen molar-refractivity contribution >= 4 is 28.5 Å². The summed E-state index contributed by atoms with van der Waals surface area (Å²) in [7, 11) is 0. The molecule has 4 rings (SSSR count). The van der Waals surface area contributed by atoms with E-state index in [0.29, 0.717) is 5.82 Å². The predicted octanol–water partition coefficient (Wildman–Crippen LogP) is 3.90. The standard InChI is InChI=1S/C20H20N6O/c1-2-3-12-27-16-10-8-15(9-11-16)13-21-23-19-17-6-4-5-7-18(17)20-24-22-14-26(20)25-19/h4-11,13-14H,2-3,12H2,1H3,(H,23,25). The molecule has 2 aromatic carbocycles. The van der Waals surface area contributed by atoms with Crippen LogP contribution in [0, 0.1) is 0 Å². The van der Waals surface area contributed by atoms with Gasteiger partial charge in [-0.15, -0.1) is 15.3 Å². The minimum absolute atomic E-state index is 0.647. The molecule has 2 heterocycles. The van der Waals surface area contributed by atoms with E-state index < -0.39 is 0 Å². The van der Waals surface area contributed by atoms with Crippen molar-refractivity contribution in [1.29, 1.82) is 0 Å². The van der Waals surface area contributed by atoms with Gasteiger partial charge >= 0.3 is 0 Å². The molecule has 2 aromatic heterocycles. The van der Waals surface area contributed by atoms with Crippen LogP contribution in [-0.2, 0) is 0 Å². The summed E-state index contributed by atoms with van der Waals surface area (Å²) >= 11 is 0. The molecular weight excluding hydrogens is 340 g/mol. The second-order valence-corrected chi connectivity index (χ2v) is 6.13. The highest BCUT2D eigenvalue weighted by Crippen LogP contribution is 2.23. The zero-order valence-electron chi connectivity index (χ0n) is 15.0. The fraction of sp³-hybridized carbons (Fsp3) is 0.200. The van der Waals surface area contributed by atoms with Crippen LogP contribution in [0.25, 0.3) is 16.4 Å². The number of rotatable bonds is 7. The van der Waals surface area contributed by atoms with Gasteiger partial charge in [0.1, 0.15) is 12.1 Å². The van der Waals surface area contributed by atoms with Crippen molar-refractivity contribution in [2.24, 2.45) is 5.10 Å². The van der Waals surface area contributed by atoms with Crippen molar-refractivity contribution in [1.82, 2.24) is 19.8 Å². The molecule has 7 nitrogen and oxygen atoms in total. The first-order valence-corrected chi connectivity index (χ1v) is 8.96. The van der Waals surface area contributed by atoms with Gasteiger partial charge in [0, 0.05) is 10.8 Å². The maximum absolute atomic E-state index is 5.67. The first kappa shape index (κ1) is 17.0. The lowest BCUT2D eigenvalue weighted by molar-refractivity contribution is 0.309. The van der Waals surface area contributed by atoms with Crippen molar-refractivity contribution in [3.05, 3.63) is 60.4 Å². The van der Waals surface area contributed by atoms with Crippen LogP contribution in [0.5, 0.6) is 5.75 Å². The molecule has 0 fully saturated rings. The lowest BCUT2D eigenvalue weighted by atomic mass is 10.2. The maximum atomic E-state index is 5.67. The van der Waals surface area contributed by atoms with Crippen LogP contribution in [-0.4, -0.2) is 32.6 Å². The summed E-state index contributed by atoms with van der Waals surface area (Å²) in [6.07, 6.45) is 5.52. The number of benzene rings is 2. The van der Waals surface area contributed by atoms with E-state index >= 15 is 0 Å². The van der Waals surface area contributed by atoms with E-state index in [1.165, 1.54) is 0 Å². The molecule has 4 aromatic rings. The van der Waals surface area contributed by atoms with Crippen LogP contribution in [0.4, 0.5) is 5.82 Å². The Bertz CT molecular complexity index is 1070. The summed E-state index contributed by atoms with van der Waals surface area (Å²) in [5.41, 5.74) is 4.72. The normalized spacial score (nSPS) is 11.4. The highest BCUT2D eigenvalue weighted by atomic mass is 16.5. The molecule has 0 atom stereocenters. The van der Waals surface area contributed by atoms with Crippen molar-refractivity contribution in [2.45, 2.75) is 19.8 Å². The van der Waals surface area contributed by atoms with Crippen LogP contribution >= 0.6 is 0 Å². The van der Waals surface area contributed by atoms with Gasteiger partial charge in [-0.3, -0.25) is 5.43 Å². The van der Waals surface area contributed by atoms with E-state index in [4.69, 9.17) is 4.74 Å². The Labute approximate surface area is 156 Å². The highest BCUT2D eigenvalue weighted by molar-refractivity contribution is 5.99. The van der Waals surface area contributed by atoms with Gasteiger partial charge in [0.2, 0.25) is 0 Å².